The van der Waals surface area contributed by atoms with Gasteiger partial charge >= 0.3 is 0 Å². The van der Waals surface area contributed by atoms with Crippen molar-refractivity contribution in [2.75, 3.05) is 11.9 Å². The Morgan fingerprint density at radius 1 is 1.32 bits per heavy atom. The van der Waals surface area contributed by atoms with Crippen molar-refractivity contribution in [1.29, 1.82) is 0 Å². The molecule has 1 heterocycles. The molecule has 1 aliphatic heterocycles. The molecule has 1 aliphatic rings. The molecule has 106 valence electrons. The Morgan fingerprint density at radius 2 is 2.11 bits per heavy atom. The van der Waals surface area contributed by atoms with Crippen LogP contribution in [0.5, 0.6) is 0 Å². The smallest absolute Gasteiger partial charge is 0.0576 e. The van der Waals surface area contributed by atoms with Crippen LogP contribution in [0, 0.1) is 12.8 Å². The molecule has 0 radical (unpaired) electrons. The zero-order valence-electron chi connectivity index (χ0n) is 11.9. The van der Waals surface area contributed by atoms with Gasteiger partial charge in [0.15, 0.2) is 0 Å². The number of halogens is 1. The summed E-state index contributed by atoms with van der Waals surface area (Å²) in [5, 5.41) is 1.10. The Hall–Kier alpha value is -0.340. The summed E-state index contributed by atoms with van der Waals surface area (Å²) >= 11 is 3.67. The Kier molecular flexibility index (Phi) is 6.39. The Morgan fingerprint density at radius 3 is 2.74 bits per heavy atom. The topological polar surface area (TPSA) is 9.23 Å². The lowest BCUT2D eigenvalue weighted by Gasteiger charge is -2.15. The van der Waals surface area contributed by atoms with Crippen molar-refractivity contribution in [3.63, 3.8) is 0 Å². The van der Waals surface area contributed by atoms with Crippen LogP contribution in [0.1, 0.15) is 43.2 Å². The molecule has 1 aromatic rings. The summed E-state index contributed by atoms with van der Waals surface area (Å²) in [5.74, 6) is 0.754. The predicted molar refractivity (Wildman–Crippen MR) is 85.0 cm³/mol. The molecule has 0 aliphatic carbocycles. The van der Waals surface area contributed by atoms with E-state index in [4.69, 9.17) is 4.74 Å². The summed E-state index contributed by atoms with van der Waals surface area (Å²) in [6.07, 6.45) is 8.13. The molecule has 0 spiro atoms. The molecule has 2 unspecified atom stereocenters. The van der Waals surface area contributed by atoms with Gasteiger partial charge in [-0.15, -0.1) is 0 Å². The Balaban J connectivity index is 1.71. The van der Waals surface area contributed by atoms with E-state index in [0.717, 1.165) is 17.9 Å². The average molecular weight is 325 g/mol. The maximum Gasteiger partial charge on any atom is 0.0576 e. The number of rotatable bonds is 7. The van der Waals surface area contributed by atoms with Crippen molar-refractivity contribution < 1.29 is 4.74 Å². The third-order valence-electron chi connectivity index (χ3n) is 4.03. The maximum absolute atomic E-state index is 5.69. The molecule has 0 amide bonds. The van der Waals surface area contributed by atoms with E-state index in [1.54, 1.807) is 0 Å². The van der Waals surface area contributed by atoms with Gasteiger partial charge in [0.25, 0.3) is 0 Å². The summed E-state index contributed by atoms with van der Waals surface area (Å²) in [5.41, 5.74) is 2.81. The lowest BCUT2D eigenvalue weighted by atomic mass is 9.94. The highest BCUT2D eigenvalue weighted by atomic mass is 79.9. The van der Waals surface area contributed by atoms with Gasteiger partial charge in [0.2, 0.25) is 0 Å². The quantitative estimate of drug-likeness (QED) is 0.648. The first-order valence-corrected chi connectivity index (χ1v) is 8.63. The second-order valence-corrected chi connectivity index (χ2v) is 6.42. The maximum atomic E-state index is 5.69. The zero-order valence-corrected chi connectivity index (χ0v) is 13.5. The number of benzene rings is 1. The number of hydrogen-bond donors (Lipinski definition) is 0. The van der Waals surface area contributed by atoms with Crippen molar-refractivity contribution in [2.45, 2.75) is 51.6 Å². The SMILES string of the molecule is Cc1ccc(CC(CBr)CCCC2CCCO2)cc1. The van der Waals surface area contributed by atoms with Gasteiger partial charge in [0.1, 0.15) is 0 Å². The van der Waals surface area contributed by atoms with Gasteiger partial charge in [-0.2, -0.15) is 0 Å². The highest BCUT2D eigenvalue weighted by Crippen LogP contribution is 2.22. The molecular weight excluding hydrogens is 300 g/mol. The van der Waals surface area contributed by atoms with Crippen molar-refractivity contribution in [3.8, 4) is 0 Å². The third kappa shape index (κ3) is 5.27. The number of hydrogen-bond acceptors (Lipinski definition) is 1. The molecule has 1 saturated heterocycles. The van der Waals surface area contributed by atoms with Crippen molar-refractivity contribution in [3.05, 3.63) is 35.4 Å². The van der Waals surface area contributed by atoms with Crippen LogP contribution in [0.25, 0.3) is 0 Å². The summed E-state index contributed by atoms with van der Waals surface area (Å²) in [6.45, 7) is 3.13. The summed E-state index contributed by atoms with van der Waals surface area (Å²) < 4.78 is 5.69. The standard InChI is InChI=1S/C17H25BrO/c1-14-7-9-15(10-8-14)12-16(13-18)4-2-5-17-6-3-11-19-17/h7-10,16-17H,2-6,11-13H2,1H3. The lowest BCUT2D eigenvalue weighted by Crippen LogP contribution is -2.09. The largest absolute Gasteiger partial charge is 0.378 e. The zero-order chi connectivity index (χ0) is 13.5. The lowest BCUT2D eigenvalue weighted by molar-refractivity contribution is 0.101. The fraction of sp³-hybridized carbons (Fsp3) is 0.647. The second-order valence-electron chi connectivity index (χ2n) is 5.78. The van der Waals surface area contributed by atoms with E-state index < -0.39 is 0 Å². The first-order valence-electron chi connectivity index (χ1n) is 7.51. The molecule has 0 saturated carbocycles. The van der Waals surface area contributed by atoms with E-state index in [0.29, 0.717) is 6.10 Å². The van der Waals surface area contributed by atoms with Crippen molar-refractivity contribution in [1.82, 2.24) is 0 Å². The molecule has 2 atom stereocenters. The van der Waals surface area contributed by atoms with Gasteiger partial charge < -0.3 is 4.74 Å². The van der Waals surface area contributed by atoms with E-state index in [9.17, 15) is 0 Å². The van der Waals surface area contributed by atoms with Crippen LogP contribution in [0.2, 0.25) is 0 Å². The molecule has 1 aromatic carbocycles. The Bertz CT molecular complexity index is 354. The van der Waals surface area contributed by atoms with Crippen LogP contribution in [0.4, 0.5) is 0 Å². The first-order chi connectivity index (χ1) is 9.28. The minimum atomic E-state index is 0.551. The first kappa shape index (κ1) is 15.1. The fourth-order valence-corrected chi connectivity index (χ4v) is 3.35. The molecule has 19 heavy (non-hydrogen) atoms. The second kappa shape index (κ2) is 8.06. The minimum absolute atomic E-state index is 0.551. The minimum Gasteiger partial charge on any atom is -0.378 e. The molecule has 1 nitrogen and oxygen atoms in total. The number of ether oxygens (including phenoxy) is 1. The summed E-state index contributed by atoms with van der Waals surface area (Å²) in [4.78, 5) is 0. The molecule has 0 bridgehead atoms. The van der Waals surface area contributed by atoms with Crippen LogP contribution in [-0.4, -0.2) is 18.0 Å². The predicted octanol–water partition coefficient (Wildman–Crippen LogP) is 4.90. The van der Waals surface area contributed by atoms with Crippen LogP contribution in [0.15, 0.2) is 24.3 Å². The van der Waals surface area contributed by atoms with E-state index in [1.807, 2.05) is 0 Å². The van der Waals surface area contributed by atoms with Gasteiger partial charge in [-0.25, -0.2) is 0 Å². The van der Waals surface area contributed by atoms with E-state index in [2.05, 4.69) is 47.1 Å². The van der Waals surface area contributed by atoms with Crippen LogP contribution in [0.3, 0.4) is 0 Å². The number of aryl methyl sites for hydroxylation is 1. The average Bonchev–Trinajstić information content (AvgIpc) is 2.93. The molecule has 0 N–H and O–H groups in total. The van der Waals surface area contributed by atoms with E-state index >= 15 is 0 Å². The Labute approximate surface area is 125 Å². The van der Waals surface area contributed by atoms with E-state index in [-0.39, 0.29) is 0 Å². The van der Waals surface area contributed by atoms with Crippen LogP contribution < -0.4 is 0 Å². The van der Waals surface area contributed by atoms with Crippen molar-refractivity contribution in [2.24, 2.45) is 5.92 Å². The summed E-state index contributed by atoms with van der Waals surface area (Å²) in [7, 11) is 0. The monoisotopic (exact) mass is 324 g/mol. The molecule has 1 fully saturated rings. The highest BCUT2D eigenvalue weighted by Gasteiger charge is 2.16. The van der Waals surface area contributed by atoms with Crippen molar-refractivity contribution >= 4 is 15.9 Å². The fourth-order valence-electron chi connectivity index (χ4n) is 2.80. The normalized spacial score (nSPS) is 20.6. The van der Waals surface area contributed by atoms with Gasteiger partial charge in [-0.3, -0.25) is 0 Å². The van der Waals surface area contributed by atoms with Gasteiger partial charge in [-0.1, -0.05) is 52.2 Å². The van der Waals surface area contributed by atoms with Crippen LogP contribution >= 0.6 is 15.9 Å². The van der Waals surface area contributed by atoms with E-state index in [1.165, 1.54) is 49.7 Å². The molecular formula is C17H25BrO. The molecule has 2 rings (SSSR count). The van der Waals surface area contributed by atoms with Gasteiger partial charge in [0.05, 0.1) is 6.10 Å². The van der Waals surface area contributed by atoms with Gasteiger partial charge in [-0.05, 0) is 50.5 Å². The number of alkyl halides is 1. The molecule has 2 heteroatoms. The summed E-state index contributed by atoms with van der Waals surface area (Å²) in [6, 6.07) is 8.97. The third-order valence-corrected chi connectivity index (χ3v) is 4.94. The molecule has 0 aromatic heterocycles. The van der Waals surface area contributed by atoms with Crippen LogP contribution in [-0.2, 0) is 11.2 Å². The highest BCUT2D eigenvalue weighted by molar-refractivity contribution is 9.09. The van der Waals surface area contributed by atoms with Gasteiger partial charge in [0, 0.05) is 11.9 Å².